The first-order valence-electron chi connectivity index (χ1n) is 23.1. The first kappa shape index (κ1) is 63.6. The predicted octanol–water partition coefficient (Wildman–Crippen LogP) is -0.0520. The van der Waals surface area contributed by atoms with Crippen LogP contribution < -0.4 is 26.4 Å². The van der Waals surface area contributed by atoms with E-state index >= 15 is 0 Å². The molecular weight excluding hydrogens is 1000 g/mol. The Hall–Kier alpha value is -5.52. The molecule has 1 unspecified atom stereocenters. The van der Waals surface area contributed by atoms with E-state index in [1.165, 1.54) is 7.11 Å². The maximum Gasteiger partial charge on any atom is 0.430 e. The summed E-state index contributed by atoms with van der Waals surface area (Å²) in [6.07, 6.45) is -6.07. The molecule has 0 spiro atoms. The zero-order valence-corrected chi connectivity index (χ0v) is 42.0. The molecule has 2 aromatic rings. The van der Waals surface area contributed by atoms with Crippen LogP contribution in [-0.4, -0.2) is 211 Å². The molecule has 73 heavy (non-hydrogen) atoms. The summed E-state index contributed by atoms with van der Waals surface area (Å²) in [7, 11) is 0.939. The summed E-state index contributed by atoms with van der Waals surface area (Å²) >= 11 is 0. The van der Waals surface area contributed by atoms with Gasteiger partial charge in [0.1, 0.15) is 32.3 Å². The Balaban J connectivity index is 0.00000242. The highest BCUT2D eigenvalue weighted by Gasteiger charge is 2.30. The third-order valence-electron chi connectivity index (χ3n) is 10.3. The molecule has 4 amide bonds. The van der Waals surface area contributed by atoms with E-state index < -0.39 is 46.1 Å². The Morgan fingerprint density at radius 1 is 0.671 bits per heavy atom. The van der Waals surface area contributed by atoms with E-state index in [0.717, 1.165) is 28.8 Å². The maximum atomic E-state index is 12.7. The number of hydrogen-bond acceptors (Lipinski definition) is 17. The highest BCUT2D eigenvalue weighted by molar-refractivity contribution is 7.85. The first-order chi connectivity index (χ1) is 34.6. The third kappa shape index (κ3) is 29.7. The lowest BCUT2D eigenvalue weighted by Gasteiger charge is -2.29. The van der Waals surface area contributed by atoms with Gasteiger partial charge in [-0.15, -0.1) is 0 Å². The van der Waals surface area contributed by atoms with Crippen molar-refractivity contribution in [1.29, 1.82) is 0 Å². The van der Waals surface area contributed by atoms with Gasteiger partial charge >= 0.3 is 18.2 Å². The summed E-state index contributed by atoms with van der Waals surface area (Å²) < 4.78 is 107. The Labute approximate surface area is 422 Å². The van der Waals surface area contributed by atoms with E-state index in [1.807, 2.05) is 62.6 Å². The number of fused-ring (bicyclic) bond motifs is 3. The molecule has 0 aliphatic heterocycles. The number of likely N-dealkylation sites (N-methyl/N-ethyl adjacent to an activating group) is 1. The second-order valence-electron chi connectivity index (χ2n) is 16.6. The number of rotatable bonds is 36. The number of methoxy groups -OCH3 is 1. The molecule has 0 fully saturated rings. The normalized spacial score (nSPS) is 12.6. The van der Waals surface area contributed by atoms with Crippen molar-refractivity contribution >= 4 is 45.9 Å². The highest BCUT2D eigenvalue weighted by atomic mass is 32.2. The van der Waals surface area contributed by atoms with Crippen LogP contribution in [0, 0.1) is 0 Å². The molecule has 0 radical (unpaired) electrons. The summed E-state index contributed by atoms with van der Waals surface area (Å²) in [6.45, 7) is 4.83. The quantitative estimate of drug-likeness (QED) is 0.0259. The summed E-state index contributed by atoms with van der Waals surface area (Å²) in [6, 6.07) is 14.6. The van der Waals surface area contributed by atoms with Gasteiger partial charge in [-0.25, -0.2) is 4.79 Å². The van der Waals surface area contributed by atoms with E-state index in [1.54, 1.807) is 0 Å². The van der Waals surface area contributed by atoms with Crippen LogP contribution in [0.5, 0.6) is 0 Å². The number of alkyl halides is 3. The fourth-order valence-corrected chi connectivity index (χ4v) is 7.31. The molecule has 0 heterocycles. The maximum absolute atomic E-state index is 12.7. The lowest BCUT2D eigenvalue weighted by Crippen LogP contribution is -2.47. The van der Waals surface area contributed by atoms with Crippen molar-refractivity contribution in [2.24, 2.45) is 0 Å². The van der Waals surface area contributed by atoms with E-state index in [4.69, 9.17) is 43.1 Å². The molecule has 5 N–H and O–H groups in total. The molecule has 23 nitrogen and oxygen atoms in total. The minimum Gasteiger partial charge on any atom is -0.542 e. The molecule has 2 aromatic carbocycles. The molecule has 0 bridgehead atoms. The van der Waals surface area contributed by atoms with Crippen molar-refractivity contribution in [3.63, 3.8) is 0 Å². The van der Waals surface area contributed by atoms with Crippen LogP contribution in [-0.2, 0) is 72.0 Å². The fourth-order valence-electron chi connectivity index (χ4n) is 6.55. The molecule has 412 valence electrons. The Bertz CT molecular complexity index is 2070. The van der Waals surface area contributed by atoms with Gasteiger partial charge in [-0.1, -0.05) is 48.5 Å². The Morgan fingerprint density at radius 2 is 1.14 bits per heavy atom. The SMILES string of the molecule is COC(=O)CCOCCOCC[N+](C)(C)CCNC(=O)COCCOCCNC(=O)COCCOCCNC(=O)CCC(CS(=O)(=O)O)NC(=O)OCC1c2ccccc2-c2ccccc21.O=C([O-])C(F)(F)F. The number of hydrogen-bond donors (Lipinski definition) is 5. The third-order valence-corrected chi connectivity index (χ3v) is 11.1. The number of nitrogens with one attached hydrogen (secondary N) is 4. The number of alkyl carbamates (subject to hydrolysis) is 1. The zero-order valence-electron chi connectivity index (χ0n) is 41.2. The van der Waals surface area contributed by atoms with Crippen molar-refractivity contribution in [2.45, 2.75) is 37.4 Å². The van der Waals surface area contributed by atoms with Crippen LogP contribution in [0.1, 0.15) is 36.3 Å². The first-order valence-corrected chi connectivity index (χ1v) is 24.7. The molecule has 1 aliphatic carbocycles. The van der Waals surface area contributed by atoms with Crippen LogP contribution in [0.2, 0.25) is 0 Å². The second-order valence-corrected chi connectivity index (χ2v) is 18.1. The number of ether oxygens (including phenoxy) is 8. The van der Waals surface area contributed by atoms with Crippen molar-refractivity contribution in [3.05, 3.63) is 59.7 Å². The number of benzene rings is 2. The predicted molar refractivity (Wildman–Crippen MR) is 251 cm³/mol. The molecule has 0 saturated heterocycles. The van der Waals surface area contributed by atoms with E-state index in [9.17, 15) is 50.1 Å². The smallest absolute Gasteiger partial charge is 0.430 e. The van der Waals surface area contributed by atoms with Gasteiger partial charge in [0.25, 0.3) is 10.1 Å². The van der Waals surface area contributed by atoms with Gasteiger partial charge in [0.05, 0.1) is 113 Å². The van der Waals surface area contributed by atoms with Crippen molar-refractivity contribution in [2.75, 3.05) is 146 Å². The average Bonchev–Trinajstić information content (AvgIpc) is 3.65. The molecule has 0 aromatic heterocycles. The lowest BCUT2D eigenvalue weighted by atomic mass is 9.98. The summed E-state index contributed by atoms with van der Waals surface area (Å²) in [5.74, 6) is -5.30. The van der Waals surface area contributed by atoms with E-state index in [2.05, 4.69) is 26.0 Å². The molecular formula is C46H68F3N5O18S. The number of carbonyl (C=O) groups excluding carboxylic acids is 6. The number of carboxylic acid groups (broad SMARTS) is 1. The zero-order chi connectivity index (χ0) is 54.1. The number of carboxylic acids is 1. The van der Waals surface area contributed by atoms with Crippen molar-refractivity contribution in [3.8, 4) is 11.1 Å². The van der Waals surface area contributed by atoms with E-state index in [-0.39, 0.29) is 116 Å². The molecule has 1 aliphatic rings. The van der Waals surface area contributed by atoms with Crippen LogP contribution in [0.25, 0.3) is 11.1 Å². The molecule has 3 rings (SSSR count). The average molecular weight is 1070 g/mol. The summed E-state index contributed by atoms with van der Waals surface area (Å²) in [4.78, 5) is 69.1. The number of halogens is 3. The molecule has 0 saturated carbocycles. The standard InChI is InChI=1S/C44H67N5O16S.C2HF3O2/c1-49(2,19-23-62-25-24-59-20-14-43(53)58-3)18-15-45-41(51)31-63-28-27-61-22-17-47-42(52)32-64-29-26-60-21-16-46-40(50)13-12-34(33-66(55,56)57)48-44(54)65-30-39-37-10-6-4-8-35(37)36-9-5-7-11-38(36)39;3-2(4,5)1(6)7/h4-11,34,39H,12-33H2,1-3H3,(H4-,45,46,47,48,50,51,52,54,55,56,57);(H,6,7). The van der Waals surface area contributed by atoms with Crippen LogP contribution in [0.4, 0.5) is 18.0 Å². The number of quaternary nitrogens is 1. The van der Waals surface area contributed by atoms with Crippen LogP contribution in [0.15, 0.2) is 48.5 Å². The molecule has 27 heteroatoms. The fraction of sp³-hybridized carbons (Fsp3) is 0.609. The number of nitrogens with zero attached hydrogens (tertiary/aromatic N) is 1. The largest absolute Gasteiger partial charge is 0.542 e. The summed E-state index contributed by atoms with van der Waals surface area (Å²) in [5.41, 5.74) is 4.14. The Kier molecular flexibility index (Phi) is 30.3. The number of esters is 1. The van der Waals surface area contributed by atoms with Gasteiger partial charge in [-0.2, -0.15) is 21.6 Å². The minimum absolute atomic E-state index is 0.0122. The van der Waals surface area contributed by atoms with Gasteiger partial charge in [0, 0.05) is 31.5 Å². The lowest BCUT2D eigenvalue weighted by molar-refractivity contribution is -0.889. The van der Waals surface area contributed by atoms with Gasteiger partial charge < -0.3 is 73.5 Å². The van der Waals surface area contributed by atoms with Gasteiger partial charge in [0.15, 0.2) is 0 Å². The van der Waals surface area contributed by atoms with Crippen molar-refractivity contribution in [1.82, 2.24) is 21.3 Å². The number of amides is 4. The van der Waals surface area contributed by atoms with Gasteiger partial charge in [-0.05, 0) is 28.7 Å². The number of carbonyl (C=O) groups is 6. The van der Waals surface area contributed by atoms with E-state index in [0.29, 0.717) is 44.0 Å². The summed E-state index contributed by atoms with van der Waals surface area (Å²) in [5, 5.41) is 19.4. The van der Waals surface area contributed by atoms with Crippen molar-refractivity contribution < 1.29 is 102 Å². The molecule has 1 atom stereocenters. The minimum atomic E-state index is -5.19. The van der Waals surface area contributed by atoms with Crippen LogP contribution >= 0.6 is 0 Å². The van der Waals surface area contributed by atoms with Crippen LogP contribution in [0.3, 0.4) is 0 Å². The number of aliphatic carboxylic acids is 1. The highest BCUT2D eigenvalue weighted by Crippen LogP contribution is 2.44. The monoisotopic (exact) mass is 1070 g/mol. The Morgan fingerprint density at radius 3 is 1.64 bits per heavy atom. The topological polar surface area (TPSA) is 302 Å². The van der Waals surface area contributed by atoms with Gasteiger partial charge in [-0.3, -0.25) is 23.7 Å². The second kappa shape index (κ2) is 34.8. The van der Waals surface area contributed by atoms with Gasteiger partial charge in [0.2, 0.25) is 17.7 Å².